The third-order valence-corrected chi connectivity index (χ3v) is 15.1. The van der Waals surface area contributed by atoms with E-state index in [9.17, 15) is 29.7 Å². The average Bonchev–Trinajstić information content (AvgIpc) is 3.52. The number of methoxy groups -OCH3 is 1. The number of hydrogen-bond acceptors (Lipinski definition) is 11. The predicted octanol–water partition coefficient (Wildman–Crippen LogP) is 5.96. The maximum Gasteiger partial charge on any atom is 0.309 e. The molecule has 13 nitrogen and oxygen atoms in total. The van der Waals surface area contributed by atoms with E-state index in [1.54, 1.807) is 6.92 Å². The van der Waals surface area contributed by atoms with Crippen LogP contribution in [0, 0.1) is 41.4 Å². The smallest absolute Gasteiger partial charge is 0.309 e. The molecule has 0 aromatic heterocycles. The van der Waals surface area contributed by atoms with Crippen LogP contribution >= 0.6 is 0 Å². The van der Waals surface area contributed by atoms with Gasteiger partial charge in [0.05, 0.1) is 53.7 Å². The quantitative estimate of drug-likeness (QED) is 0.143. The molecule has 4 N–H and O–H groups in total. The highest BCUT2D eigenvalue weighted by Gasteiger charge is 2.63. The van der Waals surface area contributed by atoms with Crippen molar-refractivity contribution in [1.82, 2.24) is 5.32 Å². The van der Waals surface area contributed by atoms with Gasteiger partial charge in [0.1, 0.15) is 18.4 Å². The fourth-order valence-corrected chi connectivity index (χ4v) is 11.0. The Morgan fingerprint density at radius 3 is 2.21 bits per heavy atom. The van der Waals surface area contributed by atoms with E-state index in [1.165, 1.54) is 7.11 Å². The summed E-state index contributed by atoms with van der Waals surface area (Å²) < 4.78 is 39.4. The fourth-order valence-electron chi connectivity index (χ4n) is 11.0. The third kappa shape index (κ3) is 9.13. The van der Waals surface area contributed by atoms with Gasteiger partial charge in [-0.2, -0.15) is 0 Å². The highest BCUT2D eigenvalue weighted by molar-refractivity contribution is 5.84. The average molecular weight is 822 g/mol. The van der Waals surface area contributed by atoms with Gasteiger partial charge in [0, 0.05) is 37.2 Å². The summed E-state index contributed by atoms with van der Waals surface area (Å²) in [5.74, 6) is -6.28. The Balaban J connectivity index is 1.38. The van der Waals surface area contributed by atoms with Crippen molar-refractivity contribution < 1.29 is 58.1 Å². The van der Waals surface area contributed by atoms with E-state index in [4.69, 9.17) is 28.4 Å². The van der Waals surface area contributed by atoms with Crippen LogP contribution in [0.15, 0.2) is 12.2 Å². The molecule has 18 atom stereocenters. The number of carbonyl (C=O) groups is 3. The van der Waals surface area contributed by atoms with E-state index < -0.39 is 82.9 Å². The van der Waals surface area contributed by atoms with Gasteiger partial charge in [-0.25, -0.2) is 0 Å². The number of ether oxygens (including phenoxy) is 6. The first-order valence-corrected chi connectivity index (χ1v) is 22.3. The molecule has 0 radical (unpaired) electrons. The summed E-state index contributed by atoms with van der Waals surface area (Å²) in [5, 5.41) is 35.9. The fraction of sp³-hybridized carbons (Fsp3) is 0.889. The van der Waals surface area contributed by atoms with Crippen LogP contribution in [-0.2, 0) is 42.8 Å². The maximum atomic E-state index is 14.6. The van der Waals surface area contributed by atoms with Crippen molar-refractivity contribution in [3.63, 3.8) is 0 Å². The molecule has 58 heavy (non-hydrogen) atoms. The first kappa shape index (κ1) is 47.1. The zero-order valence-corrected chi connectivity index (χ0v) is 37.0. The van der Waals surface area contributed by atoms with Crippen molar-refractivity contribution in [3.8, 4) is 0 Å². The summed E-state index contributed by atoms with van der Waals surface area (Å²) in [5.41, 5.74) is -1.70. The van der Waals surface area contributed by atoms with E-state index in [0.717, 1.165) is 6.42 Å². The lowest BCUT2D eigenvalue weighted by Gasteiger charge is -2.55. The second-order valence-electron chi connectivity index (χ2n) is 18.9. The van der Waals surface area contributed by atoms with Crippen molar-refractivity contribution in [3.05, 3.63) is 12.2 Å². The van der Waals surface area contributed by atoms with Crippen LogP contribution in [0.3, 0.4) is 0 Å². The zero-order valence-electron chi connectivity index (χ0n) is 37.0. The monoisotopic (exact) mass is 822 g/mol. The van der Waals surface area contributed by atoms with Crippen molar-refractivity contribution in [2.24, 2.45) is 41.4 Å². The Labute approximate surface area is 346 Å². The minimum atomic E-state index is -1.33. The summed E-state index contributed by atoms with van der Waals surface area (Å²) in [6, 6.07) is -0.669. The molecule has 4 fully saturated rings. The van der Waals surface area contributed by atoms with Gasteiger partial charge < -0.3 is 49.1 Å². The highest BCUT2D eigenvalue weighted by atomic mass is 16.8. The van der Waals surface area contributed by atoms with Crippen LogP contribution in [0.1, 0.15) is 133 Å². The van der Waals surface area contributed by atoms with Crippen LogP contribution in [0.4, 0.5) is 0 Å². The van der Waals surface area contributed by atoms with Gasteiger partial charge in [-0.3, -0.25) is 14.4 Å². The molecule has 4 saturated heterocycles. The lowest BCUT2D eigenvalue weighted by atomic mass is 9.72. The van der Waals surface area contributed by atoms with Crippen LogP contribution < -0.4 is 5.32 Å². The predicted molar refractivity (Wildman–Crippen MR) is 216 cm³/mol. The van der Waals surface area contributed by atoms with E-state index in [1.807, 2.05) is 53.7 Å². The van der Waals surface area contributed by atoms with Crippen molar-refractivity contribution in [1.29, 1.82) is 0 Å². The number of hydrogen-bond donors (Lipinski definition) is 4. The lowest BCUT2D eigenvalue weighted by molar-refractivity contribution is -0.398. The molecule has 0 aromatic rings. The molecule has 332 valence electrons. The number of aliphatic hydroxyl groups is 2. The summed E-state index contributed by atoms with van der Waals surface area (Å²) in [7, 11) is 1.47. The lowest BCUT2D eigenvalue weighted by Crippen LogP contribution is -2.66. The molecule has 5 rings (SSSR count). The third-order valence-electron chi connectivity index (χ3n) is 15.1. The largest absolute Gasteiger partial charge is 0.481 e. The number of rotatable bonds is 15. The molecule has 5 aliphatic rings. The molecular weight excluding hydrogens is 746 g/mol. The summed E-state index contributed by atoms with van der Waals surface area (Å²) in [4.78, 5) is 39.6. The molecular formula is C45H75NO12. The van der Waals surface area contributed by atoms with Gasteiger partial charge in [-0.15, -0.1) is 0 Å². The number of carbonyl (C=O) groups excluding carboxylic acids is 2. The molecule has 5 aliphatic heterocycles. The van der Waals surface area contributed by atoms with Crippen LogP contribution in [0.5, 0.6) is 0 Å². The number of aliphatic hydroxyl groups excluding tert-OH is 1. The molecule has 1 amide bonds. The zero-order chi connectivity index (χ0) is 43.0. The number of nitrogens with one attached hydrogen (secondary N) is 1. The van der Waals surface area contributed by atoms with Crippen LogP contribution in [-0.4, -0.2) is 112 Å². The molecule has 2 spiro atoms. The summed E-state index contributed by atoms with van der Waals surface area (Å²) in [6.07, 6.45) is 6.51. The van der Waals surface area contributed by atoms with E-state index in [2.05, 4.69) is 26.1 Å². The number of carboxylic acids is 1. The molecule has 0 bridgehead atoms. The Hall–Kier alpha value is -1.97. The Morgan fingerprint density at radius 2 is 1.60 bits per heavy atom. The topological polar surface area (TPSA) is 179 Å². The summed E-state index contributed by atoms with van der Waals surface area (Å²) >= 11 is 0. The number of Topliss-reactive ketones (excluding diaryl/α,β-unsaturated/α-hetero) is 1. The minimum absolute atomic E-state index is 0.0166. The minimum Gasteiger partial charge on any atom is -0.481 e. The maximum absolute atomic E-state index is 14.6. The van der Waals surface area contributed by atoms with Gasteiger partial charge >= 0.3 is 5.97 Å². The first-order chi connectivity index (χ1) is 27.2. The van der Waals surface area contributed by atoms with Crippen molar-refractivity contribution in [2.75, 3.05) is 13.7 Å². The SMILES string of the molecule is CCC(C(=O)[C@@H](C)[C@@H](O)[C@H](C)[C@@H]1O[C@@H](C(CC)C(=O)O)CC[C@@H]1C)[C@H]1O[C@]2(C=C[C@@H](NC(=O)COC)[C@]3(CC[C@@](C)([C@H]4CC[C@](O)(CC)[C@H](C)O4)O3)O2)[C@H](C)C[C@@H]1C. The van der Waals surface area contributed by atoms with Gasteiger partial charge in [0.25, 0.3) is 0 Å². The van der Waals surface area contributed by atoms with Crippen molar-refractivity contribution in [2.45, 2.75) is 199 Å². The molecule has 0 saturated carbocycles. The van der Waals surface area contributed by atoms with Gasteiger partial charge in [-0.1, -0.05) is 61.5 Å². The highest BCUT2D eigenvalue weighted by Crippen LogP contribution is 2.54. The van der Waals surface area contributed by atoms with E-state index in [0.29, 0.717) is 57.8 Å². The Morgan fingerprint density at radius 1 is 0.914 bits per heavy atom. The van der Waals surface area contributed by atoms with E-state index in [-0.39, 0.29) is 48.3 Å². The van der Waals surface area contributed by atoms with Crippen LogP contribution in [0.25, 0.3) is 0 Å². The Bertz CT molecular complexity index is 1480. The Kier molecular flexibility index (Phi) is 15.1. The second-order valence-corrected chi connectivity index (χ2v) is 18.9. The number of aliphatic carboxylic acids is 1. The number of carboxylic acid groups (broad SMARTS) is 1. The number of amides is 1. The normalized spacial score (nSPS) is 43.1. The van der Waals surface area contributed by atoms with E-state index >= 15 is 0 Å². The molecule has 0 aromatic carbocycles. The first-order valence-electron chi connectivity index (χ1n) is 22.3. The van der Waals surface area contributed by atoms with Crippen LogP contribution in [0.2, 0.25) is 0 Å². The molecule has 2 unspecified atom stereocenters. The van der Waals surface area contributed by atoms with Crippen molar-refractivity contribution >= 4 is 17.7 Å². The molecule has 5 heterocycles. The summed E-state index contributed by atoms with van der Waals surface area (Å²) in [6.45, 7) is 19.5. The number of ketones is 1. The second kappa shape index (κ2) is 18.6. The van der Waals surface area contributed by atoms with Gasteiger partial charge in [0.15, 0.2) is 11.6 Å². The van der Waals surface area contributed by atoms with Gasteiger partial charge in [-0.05, 0) is 89.5 Å². The molecule has 13 heteroatoms. The van der Waals surface area contributed by atoms with Gasteiger partial charge in [0.2, 0.25) is 5.91 Å². The standard InChI is InChI=1S/C45H75NO12/c1-12-31(41(50)51)33-16-15-25(4)39(55-33)29(8)37(48)28(7)38(49)32(13-2)40-26(5)23-27(6)44(56-40)20-17-34(46-36(47)24-53-11)45(58-44)22-21-42(10,57-45)35-18-19-43(52,14-3)30(9)54-35/h17,20,25-35,37,39-40,48,52H,12-16,18-19,21-24H2,1-11H3,(H,46,47)(H,50,51)/t25-,26-,27+,28-,29-,30-,31?,32?,33+,34+,35+,37+,39+,40-,42-,43+,44-,45-/m0/s1. The molecule has 0 aliphatic carbocycles.